The minimum atomic E-state index is -0.618. The number of hydrogen-bond donors (Lipinski definition) is 2. The van der Waals surface area contributed by atoms with Crippen LogP contribution in [0.3, 0.4) is 0 Å². The molecule has 138 valence electrons. The summed E-state index contributed by atoms with van der Waals surface area (Å²) in [5, 5.41) is 12.1. The second kappa shape index (κ2) is 8.69. The highest BCUT2D eigenvalue weighted by atomic mass is 16.6. The van der Waals surface area contributed by atoms with Crippen molar-refractivity contribution in [2.45, 2.75) is 19.1 Å². The summed E-state index contributed by atoms with van der Waals surface area (Å²) in [6.07, 6.45) is -0.668. The second-order valence-corrected chi connectivity index (χ2v) is 6.31. The van der Waals surface area contributed by atoms with E-state index in [1.54, 1.807) is 24.3 Å². The zero-order chi connectivity index (χ0) is 18.4. The lowest BCUT2D eigenvalue weighted by molar-refractivity contribution is -0.666. The van der Waals surface area contributed by atoms with E-state index in [1.807, 2.05) is 29.6 Å². The van der Waals surface area contributed by atoms with E-state index in [0.717, 1.165) is 11.5 Å². The molecule has 6 heteroatoms. The SMILES string of the molecule is CC(=O)c1cccc(OC[C@H](O)C[NH2+]C[C@@H]2COc3ccccc3O2)c1. The Kier molecular flexibility index (Phi) is 6.09. The molecule has 0 aliphatic carbocycles. The number of carbonyl (C=O) groups is 1. The van der Waals surface area contributed by atoms with Crippen LogP contribution in [0.1, 0.15) is 17.3 Å². The van der Waals surface area contributed by atoms with Gasteiger partial charge in [0.15, 0.2) is 23.4 Å². The molecule has 3 rings (SSSR count). The van der Waals surface area contributed by atoms with Crippen LogP contribution < -0.4 is 19.5 Å². The second-order valence-electron chi connectivity index (χ2n) is 6.31. The fourth-order valence-electron chi connectivity index (χ4n) is 2.72. The topological polar surface area (TPSA) is 81.6 Å². The van der Waals surface area contributed by atoms with Crippen molar-refractivity contribution < 1.29 is 29.4 Å². The summed E-state index contributed by atoms with van der Waals surface area (Å²) in [4.78, 5) is 11.4. The number of nitrogens with two attached hydrogens (primary N) is 1. The Labute approximate surface area is 152 Å². The standard InChI is InChI=1S/C20H23NO5/c1-14(22)15-5-4-6-17(9-15)24-12-16(23)10-21-11-18-13-25-19-7-2-3-8-20(19)26-18/h2-9,16,18,21,23H,10-13H2,1H3/p+1/t16-,18-/m1/s1. The van der Waals surface area contributed by atoms with Crippen molar-refractivity contribution in [1.29, 1.82) is 0 Å². The lowest BCUT2D eigenvalue weighted by Crippen LogP contribution is -2.89. The number of rotatable bonds is 8. The number of Topliss-reactive ketones (excluding diaryl/α,β-unsaturated/α-hetero) is 1. The number of para-hydroxylation sites is 2. The minimum Gasteiger partial charge on any atom is -0.491 e. The molecule has 2 atom stereocenters. The van der Waals surface area contributed by atoms with Crippen LogP contribution in [0.4, 0.5) is 0 Å². The monoisotopic (exact) mass is 358 g/mol. The summed E-state index contributed by atoms with van der Waals surface area (Å²) in [6, 6.07) is 14.6. The first kappa shape index (κ1) is 18.2. The van der Waals surface area contributed by atoms with Crippen molar-refractivity contribution in [3.63, 3.8) is 0 Å². The molecule has 0 amide bonds. The number of hydrogen-bond acceptors (Lipinski definition) is 5. The minimum absolute atomic E-state index is 0.0133. The van der Waals surface area contributed by atoms with E-state index in [9.17, 15) is 9.90 Å². The zero-order valence-electron chi connectivity index (χ0n) is 14.8. The van der Waals surface area contributed by atoms with Crippen LogP contribution >= 0.6 is 0 Å². The number of benzene rings is 2. The normalized spacial score (nSPS) is 16.8. The van der Waals surface area contributed by atoms with Gasteiger partial charge < -0.3 is 24.6 Å². The van der Waals surface area contributed by atoms with E-state index < -0.39 is 6.10 Å². The van der Waals surface area contributed by atoms with Gasteiger partial charge >= 0.3 is 0 Å². The molecule has 2 aromatic carbocycles. The molecule has 0 unspecified atom stereocenters. The first-order valence-electron chi connectivity index (χ1n) is 8.74. The third-order valence-corrected chi connectivity index (χ3v) is 4.12. The largest absolute Gasteiger partial charge is 0.491 e. The van der Waals surface area contributed by atoms with Crippen molar-refractivity contribution in [2.75, 3.05) is 26.3 Å². The molecule has 1 aliphatic rings. The summed E-state index contributed by atoms with van der Waals surface area (Å²) in [6.45, 7) is 3.36. The van der Waals surface area contributed by atoms with Gasteiger partial charge in [0.05, 0.1) is 0 Å². The molecule has 6 nitrogen and oxygen atoms in total. The van der Waals surface area contributed by atoms with Crippen molar-refractivity contribution >= 4 is 5.78 Å². The third-order valence-electron chi connectivity index (χ3n) is 4.12. The first-order chi connectivity index (χ1) is 12.6. The first-order valence-corrected chi connectivity index (χ1v) is 8.74. The maximum absolute atomic E-state index is 11.4. The predicted molar refractivity (Wildman–Crippen MR) is 96.0 cm³/mol. The lowest BCUT2D eigenvalue weighted by Gasteiger charge is -2.25. The average Bonchev–Trinajstić information content (AvgIpc) is 2.66. The van der Waals surface area contributed by atoms with Crippen LogP contribution in [0.15, 0.2) is 48.5 Å². The van der Waals surface area contributed by atoms with E-state index in [1.165, 1.54) is 6.92 Å². The van der Waals surface area contributed by atoms with E-state index in [-0.39, 0.29) is 18.5 Å². The Morgan fingerprint density at radius 1 is 1.27 bits per heavy atom. The number of fused-ring (bicyclic) bond motifs is 1. The summed E-state index contributed by atoms with van der Waals surface area (Å²) in [5.74, 6) is 2.09. The van der Waals surface area contributed by atoms with Gasteiger partial charge in [0, 0.05) is 5.56 Å². The summed E-state index contributed by atoms with van der Waals surface area (Å²) in [5.41, 5.74) is 0.596. The summed E-state index contributed by atoms with van der Waals surface area (Å²) < 4.78 is 17.1. The molecule has 26 heavy (non-hydrogen) atoms. The molecular formula is C20H24NO5+. The number of ketones is 1. The number of quaternary nitrogens is 1. The maximum atomic E-state index is 11.4. The Hall–Kier alpha value is -2.57. The lowest BCUT2D eigenvalue weighted by atomic mass is 10.1. The molecule has 0 fully saturated rings. The van der Waals surface area contributed by atoms with Gasteiger partial charge in [0.1, 0.15) is 38.2 Å². The van der Waals surface area contributed by atoms with E-state index in [4.69, 9.17) is 14.2 Å². The highest BCUT2D eigenvalue weighted by Gasteiger charge is 2.22. The smallest absolute Gasteiger partial charge is 0.181 e. The van der Waals surface area contributed by atoms with Gasteiger partial charge in [-0.05, 0) is 31.2 Å². The molecule has 2 aromatic rings. The molecule has 0 saturated heterocycles. The fraction of sp³-hybridized carbons (Fsp3) is 0.350. The molecule has 0 aromatic heterocycles. The molecule has 1 heterocycles. The summed E-state index contributed by atoms with van der Waals surface area (Å²) >= 11 is 0. The van der Waals surface area contributed by atoms with E-state index in [2.05, 4.69) is 0 Å². The average molecular weight is 358 g/mol. The van der Waals surface area contributed by atoms with Crippen LogP contribution in [0, 0.1) is 0 Å². The van der Waals surface area contributed by atoms with Gasteiger partial charge in [-0.2, -0.15) is 0 Å². The van der Waals surface area contributed by atoms with Gasteiger partial charge in [-0.3, -0.25) is 4.79 Å². The van der Waals surface area contributed by atoms with Crippen LogP contribution in [0.25, 0.3) is 0 Å². The highest BCUT2D eigenvalue weighted by Crippen LogP contribution is 2.30. The van der Waals surface area contributed by atoms with Crippen LogP contribution in [0.2, 0.25) is 0 Å². The Balaban J connectivity index is 1.38. The fourth-order valence-corrected chi connectivity index (χ4v) is 2.72. The zero-order valence-corrected chi connectivity index (χ0v) is 14.8. The van der Waals surface area contributed by atoms with E-state index >= 15 is 0 Å². The highest BCUT2D eigenvalue weighted by molar-refractivity contribution is 5.94. The Morgan fingerprint density at radius 3 is 2.88 bits per heavy atom. The quantitative estimate of drug-likeness (QED) is 0.689. The number of aliphatic hydroxyl groups excluding tert-OH is 1. The van der Waals surface area contributed by atoms with Gasteiger partial charge in [0.2, 0.25) is 0 Å². The van der Waals surface area contributed by atoms with Gasteiger partial charge in [-0.25, -0.2) is 0 Å². The number of carbonyl (C=O) groups excluding carboxylic acids is 1. The van der Waals surface area contributed by atoms with Crippen LogP contribution in [-0.4, -0.2) is 49.4 Å². The molecular weight excluding hydrogens is 334 g/mol. The van der Waals surface area contributed by atoms with Crippen molar-refractivity contribution in [2.24, 2.45) is 0 Å². The Bertz CT molecular complexity index is 748. The van der Waals surface area contributed by atoms with Crippen LogP contribution in [0.5, 0.6) is 17.2 Å². The number of ether oxygens (including phenoxy) is 3. The third kappa shape index (κ3) is 4.97. The molecule has 0 spiro atoms. The predicted octanol–water partition coefficient (Wildman–Crippen LogP) is 1.03. The van der Waals surface area contributed by atoms with Crippen molar-refractivity contribution in [3.05, 3.63) is 54.1 Å². The molecule has 3 N–H and O–H groups in total. The number of aliphatic hydroxyl groups is 1. The van der Waals surface area contributed by atoms with E-state index in [0.29, 0.717) is 31.0 Å². The van der Waals surface area contributed by atoms with Crippen molar-refractivity contribution in [1.82, 2.24) is 0 Å². The summed E-state index contributed by atoms with van der Waals surface area (Å²) in [7, 11) is 0. The molecule has 0 radical (unpaired) electrons. The van der Waals surface area contributed by atoms with Crippen LogP contribution in [-0.2, 0) is 0 Å². The van der Waals surface area contributed by atoms with Crippen molar-refractivity contribution in [3.8, 4) is 17.2 Å². The molecule has 1 aliphatic heterocycles. The maximum Gasteiger partial charge on any atom is 0.181 e. The van der Waals surface area contributed by atoms with Gasteiger partial charge in [-0.1, -0.05) is 24.3 Å². The van der Waals surface area contributed by atoms with Gasteiger partial charge in [-0.15, -0.1) is 0 Å². The van der Waals surface area contributed by atoms with Gasteiger partial charge in [0.25, 0.3) is 0 Å². The molecule has 0 bridgehead atoms. The molecule has 0 saturated carbocycles. The Morgan fingerprint density at radius 2 is 2.08 bits per heavy atom.